The first kappa shape index (κ1) is 10.8. The van der Waals surface area contributed by atoms with Crippen molar-refractivity contribution in [3.8, 4) is 0 Å². The fourth-order valence-electron chi connectivity index (χ4n) is 1.88. The quantitative estimate of drug-likeness (QED) is 0.796. The number of benzene rings is 1. The van der Waals surface area contributed by atoms with Crippen LogP contribution in [0, 0.1) is 5.82 Å². The maximum absolute atomic E-state index is 13.1. The Morgan fingerprint density at radius 2 is 1.87 bits per heavy atom. The van der Waals surface area contributed by atoms with E-state index in [1.807, 2.05) is 0 Å². The molecule has 1 aliphatic carbocycles. The van der Waals surface area contributed by atoms with Crippen LogP contribution in [0.1, 0.15) is 18.4 Å². The summed E-state index contributed by atoms with van der Waals surface area (Å²) in [5.74, 6) is -3.36. The molecule has 0 radical (unpaired) electrons. The van der Waals surface area contributed by atoms with Crippen molar-refractivity contribution in [3.05, 3.63) is 34.6 Å². The highest BCUT2D eigenvalue weighted by atomic mass is 35.5. The van der Waals surface area contributed by atoms with Gasteiger partial charge in [-0.05, 0) is 17.7 Å². The lowest BCUT2D eigenvalue weighted by Crippen LogP contribution is -2.55. The molecule has 0 aliphatic heterocycles. The minimum absolute atomic E-state index is 0.0339. The Bertz CT molecular complexity index is 398. The minimum Gasteiger partial charge on any atom is -0.321 e. The minimum atomic E-state index is -2.73. The van der Waals surface area contributed by atoms with Gasteiger partial charge in [0.25, 0.3) is 5.92 Å². The molecular weight excluding hydrogens is 227 g/mol. The van der Waals surface area contributed by atoms with Crippen LogP contribution in [0.3, 0.4) is 0 Å². The third-order valence-electron chi connectivity index (χ3n) is 2.64. The van der Waals surface area contributed by atoms with E-state index in [2.05, 4.69) is 0 Å². The Hall–Kier alpha value is -0.740. The topological polar surface area (TPSA) is 26.0 Å². The predicted molar refractivity (Wildman–Crippen MR) is 51.5 cm³/mol. The zero-order valence-electron chi connectivity index (χ0n) is 7.74. The molecule has 1 aliphatic rings. The lowest BCUT2D eigenvalue weighted by Gasteiger charge is -2.44. The van der Waals surface area contributed by atoms with E-state index in [9.17, 15) is 13.2 Å². The van der Waals surface area contributed by atoms with E-state index in [4.69, 9.17) is 17.3 Å². The zero-order chi connectivity index (χ0) is 11.3. The Kier molecular flexibility index (Phi) is 2.24. The van der Waals surface area contributed by atoms with Gasteiger partial charge in [0, 0.05) is 12.8 Å². The first-order chi connectivity index (χ1) is 6.82. The second-order valence-electron chi connectivity index (χ2n) is 3.99. The van der Waals surface area contributed by atoms with Crippen LogP contribution in [0.5, 0.6) is 0 Å². The molecule has 1 fully saturated rings. The van der Waals surface area contributed by atoms with Crippen LogP contribution in [0.4, 0.5) is 13.2 Å². The number of halogens is 4. The zero-order valence-corrected chi connectivity index (χ0v) is 8.49. The van der Waals surface area contributed by atoms with E-state index in [1.54, 1.807) is 0 Å². The van der Waals surface area contributed by atoms with E-state index in [1.165, 1.54) is 12.1 Å². The van der Waals surface area contributed by atoms with E-state index in [0.29, 0.717) is 5.56 Å². The monoisotopic (exact) mass is 235 g/mol. The van der Waals surface area contributed by atoms with Crippen LogP contribution in [0.25, 0.3) is 0 Å². The first-order valence-electron chi connectivity index (χ1n) is 4.45. The fraction of sp³-hybridized carbons (Fsp3) is 0.400. The van der Waals surface area contributed by atoms with Gasteiger partial charge in [-0.2, -0.15) is 0 Å². The summed E-state index contributed by atoms with van der Waals surface area (Å²) in [6, 6.07) is 3.94. The molecule has 1 nitrogen and oxygen atoms in total. The average Bonchev–Trinajstić information content (AvgIpc) is 2.06. The molecule has 1 aromatic rings. The SMILES string of the molecule is NC1(c2ccc(Cl)c(F)c2)CC(F)(F)C1. The van der Waals surface area contributed by atoms with Crippen molar-refractivity contribution >= 4 is 11.6 Å². The molecular formula is C10H9ClF3N. The van der Waals surface area contributed by atoms with Gasteiger partial charge in [0.05, 0.1) is 10.6 Å². The summed E-state index contributed by atoms with van der Waals surface area (Å²) >= 11 is 5.48. The number of hydrogen-bond acceptors (Lipinski definition) is 1. The summed E-state index contributed by atoms with van der Waals surface area (Å²) in [6.07, 6.45) is -0.887. The Labute approximate surface area is 90.0 Å². The van der Waals surface area contributed by atoms with Crippen molar-refractivity contribution < 1.29 is 13.2 Å². The number of rotatable bonds is 1. The van der Waals surface area contributed by atoms with Gasteiger partial charge in [-0.15, -0.1) is 0 Å². The summed E-state index contributed by atoms with van der Waals surface area (Å²) in [5.41, 5.74) is 4.98. The van der Waals surface area contributed by atoms with E-state index >= 15 is 0 Å². The summed E-state index contributed by atoms with van der Waals surface area (Å²) in [7, 11) is 0. The van der Waals surface area contributed by atoms with Crippen molar-refractivity contribution in [2.75, 3.05) is 0 Å². The second kappa shape index (κ2) is 3.12. The molecule has 0 heterocycles. The summed E-state index contributed by atoms with van der Waals surface area (Å²) < 4.78 is 38.5. The molecule has 0 saturated heterocycles. The molecule has 2 rings (SSSR count). The normalized spacial score (nSPS) is 22.2. The maximum Gasteiger partial charge on any atom is 0.252 e. The molecule has 0 aromatic heterocycles. The second-order valence-corrected chi connectivity index (χ2v) is 4.40. The van der Waals surface area contributed by atoms with Crippen LogP contribution in [0.15, 0.2) is 18.2 Å². The number of nitrogens with two attached hydrogens (primary N) is 1. The Balaban J connectivity index is 2.28. The molecule has 15 heavy (non-hydrogen) atoms. The largest absolute Gasteiger partial charge is 0.321 e. The molecule has 0 atom stereocenters. The molecule has 1 aromatic carbocycles. The molecule has 0 bridgehead atoms. The van der Waals surface area contributed by atoms with Gasteiger partial charge < -0.3 is 5.73 Å². The molecule has 0 amide bonds. The van der Waals surface area contributed by atoms with Gasteiger partial charge in [-0.3, -0.25) is 0 Å². The lowest BCUT2D eigenvalue weighted by molar-refractivity contribution is -0.125. The van der Waals surface area contributed by atoms with Crippen LogP contribution < -0.4 is 5.73 Å². The van der Waals surface area contributed by atoms with Crippen LogP contribution in [0.2, 0.25) is 5.02 Å². The van der Waals surface area contributed by atoms with E-state index in [0.717, 1.165) is 6.07 Å². The van der Waals surface area contributed by atoms with Crippen LogP contribution >= 0.6 is 11.6 Å². The Morgan fingerprint density at radius 1 is 1.27 bits per heavy atom. The van der Waals surface area contributed by atoms with Gasteiger partial charge in [0.2, 0.25) is 0 Å². The van der Waals surface area contributed by atoms with Crippen molar-refractivity contribution in [2.45, 2.75) is 24.3 Å². The molecule has 0 spiro atoms. The smallest absolute Gasteiger partial charge is 0.252 e. The van der Waals surface area contributed by atoms with Gasteiger partial charge in [-0.25, -0.2) is 13.2 Å². The Morgan fingerprint density at radius 3 is 2.33 bits per heavy atom. The van der Waals surface area contributed by atoms with Crippen molar-refractivity contribution in [1.29, 1.82) is 0 Å². The summed E-state index contributed by atoms with van der Waals surface area (Å²) in [5, 5.41) is -0.0339. The van der Waals surface area contributed by atoms with E-state index < -0.39 is 30.1 Å². The molecule has 1 saturated carbocycles. The van der Waals surface area contributed by atoms with Crippen molar-refractivity contribution in [2.24, 2.45) is 5.73 Å². The van der Waals surface area contributed by atoms with Crippen LogP contribution in [-0.4, -0.2) is 5.92 Å². The standard InChI is InChI=1S/C10H9ClF3N/c11-7-2-1-6(3-8(7)12)9(15)4-10(13,14)5-9/h1-3H,4-5,15H2. The molecule has 5 heteroatoms. The highest BCUT2D eigenvalue weighted by Gasteiger charge is 2.55. The molecule has 0 unspecified atom stereocenters. The maximum atomic E-state index is 13.1. The van der Waals surface area contributed by atoms with Gasteiger partial charge in [-0.1, -0.05) is 17.7 Å². The fourth-order valence-corrected chi connectivity index (χ4v) is 2.00. The van der Waals surface area contributed by atoms with Crippen molar-refractivity contribution in [3.63, 3.8) is 0 Å². The highest BCUT2D eigenvalue weighted by Crippen LogP contribution is 2.50. The van der Waals surface area contributed by atoms with Gasteiger partial charge >= 0.3 is 0 Å². The summed E-state index contributed by atoms with van der Waals surface area (Å²) in [4.78, 5) is 0. The lowest BCUT2D eigenvalue weighted by atomic mass is 9.70. The number of alkyl halides is 2. The van der Waals surface area contributed by atoms with Crippen molar-refractivity contribution in [1.82, 2.24) is 0 Å². The van der Waals surface area contributed by atoms with Crippen LogP contribution in [-0.2, 0) is 5.54 Å². The number of hydrogen-bond donors (Lipinski definition) is 1. The third kappa shape index (κ3) is 1.84. The first-order valence-corrected chi connectivity index (χ1v) is 4.82. The average molecular weight is 236 g/mol. The van der Waals surface area contributed by atoms with Gasteiger partial charge in [0.15, 0.2) is 0 Å². The predicted octanol–water partition coefficient (Wildman–Crippen LogP) is 3.06. The third-order valence-corrected chi connectivity index (χ3v) is 2.95. The van der Waals surface area contributed by atoms with Gasteiger partial charge in [0.1, 0.15) is 5.82 Å². The summed E-state index contributed by atoms with van der Waals surface area (Å²) in [6.45, 7) is 0. The van der Waals surface area contributed by atoms with E-state index in [-0.39, 0.29) is 5.02 Å². The highest BCUT2D eigenvalue weighted by molar-refractivity contribution is 6.30. The molecule has 82 valence electrons. The molecule has 2 N–H and O–H groups in total.